The van der Waals surface area contributed by atoms with Gasteiger partial charge in [-0.3, -0.25) is 9.59 Å². The molecule has 2 aromatic rings. The Morgan fingerprint density at radius 1 is 1.07 bits per heavy atom. The largest absolute Gasteiger partial charge is 0.494 e. The predicted molar refractivity (Wildman–Crippen MR) is 109 cm³/mol. The molecular weight excluding hydrogens is 338 g/mol. The lowest BCUT2D eigenvalue weighted by molar-refractivity contribution is -0.118. The molecule has 4 nitrogen and oxygen atoms in total. The number of allylic oxidation sites excluding steroid dienone is 1. The number of carbonyl (C=O) groups is 2. The molecule has 0 saturated heterocycles. The van der Waals surface area contributed by atoms with Gasteiger partial charge in [-0.2, -0.15) is 0 Å². The van der Waals surface area contributed by atoms with E-state index in [2.05, 4.69) is 12.2 Å². The summed E-state index contributed by atoms with van der Waals surface area (Å²) < 4.78 is 5.62. The molecule has 142 valence electrons. The number of amides is 1. The smallest absolute Gasteiger partial charge is 0.216 e. The third-order valence-electron chi connectivity index (χ3n) is 4.14. The van der Waals surface area contributed by atoms with Gasteiger partial charge in [0, 0.05) is 19.0 Å². The Kier molecular flexibility index (Phi) is 8.30. The number of carbonyl (C=O) groups excluding carboxylic acids is 2. The number of hydrogen-bond donors (Lipinski definition) is 1. The van der Waals surface area contributed by atoms with Crippen LogP contribution in [0.2, 0.25) is 0 Å². The molecule has 0 bridgehead atoms. The lowest BCUT2D eigenvalue weighted by atomic mass is 10.0. The van der Waals surface area contributed by atoms with Crippen LogP contribution in [0.5, 0.6) is 5.75 Å². The highest BCUT2D eigenvalue weighted by atomic mass is 16.5. The van der Waals surface area contributed by atoms with E-state index in [4.69, 9.17) is 4.74 Å². The summed E-state index contributed by atoms with van der Waals surface area (Å²) >= 11 is 0. The minimum atomic E-state index is -0.0493. The van der Waals surface area contributed by atoms with E-state index < -0.39 is 0 Å². The molecule has 2 aromatic carbocycles. The molecule has 0 aromatic heterocycles. The molecule has 1 N–H and O–H groups in total. The van der Waals surface area contributed by atoms with Gasteiger partial charge in [-0.25, -0.2) is 0 Å². The number of rotatable bonds is 10. The molecule has 4 heteroatoms. The van der Waals surface area contributed by atoms with Gasteiger partial charge >= 0.3 is 0 Å². The van der Waals surface area contributed by atoms with Gasteiger partial charge in [0.2, 0.25) is 5.91 Å². The van der Waals surface area contributed by atoms with Gasteiger partial charge in [0.1, 0.15) is 5.75 Å². The van der Waals surface area contributed by atoms with Gasteiger partial charge in [-0.15, -0.1) is 0 Å². The Hall–Kier alpha value is -2.88. The van der Waals surface area contributed by atoms with Crippen molar-refractivity contribution < 1.29 is 14.3 Å². The van der Waals surface area contributed by atoms with Crippen LogP contribution in [-0.4, -0.2) is 24.8 Å². The second-order valence-electron chi connectivity index (χ2n) is 6.36. The summed E-state index contributed by atoms with van der Waals surface area (Å²) in [7, 11) is 0. The highest BCUT2D eigenvalue weighted by molar-refractivity contribution is 6.06. The number of hydrogen-bond acceptors (Lipinski definition) is 3. The lowest BCUT2D eigenvalue weighted by Gasteiger charge is -2.07. The minimum Gasteiger partial charge on any atom is -0.494 e. The van der Waals surface area contributed by atoms with Crippen LogP contribution in [0.3, 0.4) is 0 Å². The van der Waals surface area contributed by atoms with Crippen molar-refractivity contribution in [3.05, 3.63) is 71.3 Å². The first-order valence-electron chi connectivity index (χ1n) is 9.37. The number of ether oxygens (including phenoxy) is 1. The van der Waals surface area contributed by atoms with Crippen LogP contribution in [-0.2, 0) is 11.2 Å². The summed E-state index contributed by atoms with van der Waals surface area (Å²) in [4.78, 5) is 23.4. The maximum absolute atomic E-state index is 12.4. The van der Waals surface area contributed by atoms with Crippen LogP contribution in [0.4, 0.5) is 0 Å². The first-order valence-corrected chi connectivity index (χ1v) is 9.37. The fraction of sp³-hybridized carbons (Fsp3) is 0.304. The van der Waals surface area contributed by atoms with Crippen LogP contribution < -0.4 is 10.1 Å². The van der Waals surface area contributed by atoms with Crippen molar-refractivity contribution in [2.45, 2.75) is 33.1 Å². The van der Waals surface area contributed by atoms with Gasteiger partial charge in [-0.1, -0.05) is 43.7 Å². The normalized spacial score (nSPS) is 10.7. The second kappa shape index (κ2) is 11.0. The molecule has 27 heavy (non-hydrogen) atoms. The first kappa shape index (κ1) is 20.4. The fourth-order valence-electron chi connectivity index (χ4n) is 2.61. The molecule has 0 fully saturated rings. The average Bonchev–Trinajstić information content (AvgIpc) is 2.67. The molecule has 0 aliphatic carbocycles. The Morgan fingerprint density at radius 3 is 2.52 bits per heavy atom. The topological polar surface area (TPSA) is 55.4 Å². The molecule has 0 aliphatic rings. The summed E-state index contributed by atoms with van der Waals surface area (Å²) in [5.74, 6) is 0.694. The van der Waals surface area contributed by atoms with E-state index in [0.29, 0.717) is 18.7 Å². The molecule has 2 rings (SSSR count). The molecular formula is C23H27NO3. The summed E-state index contributed by atoms with van der Waals surface area (Å²) in [6.07, 6.45) is 6.25. The SMILES string of the molecule is CCCCOc1ccc(C(=O)C=Cc2ccccc2CCNC(C)=O)cc1. The van der Waals surface area contributed by atoms with Gasteiger partial charge in [-0.05, 0) is 54.3 Å². The van der Waals surface area contributed by atoms with Crippen molar-refractivity contribution in [2.75, 3.05) is 13.2 Å². The maximum atomic E-state index is 12.4. The van der Waals surface area contributed by atoms with E-state index in [1.807, 2.05) is 42.5 Å². The number of unbranched alkanes of at least 4 members (excludes halogenated alkanes) is 1. The Balaban J connectivity index is 1.98. The van der Waals surface area contributed by atoms with Crippen molar-refractivity contribution in [3.8, 4) is 5.75 Å². The van der Waals surface area contributed by atoms with E-state index in [-0.39, 0.29) is 11.7 Å². The Labute approximate surface area is 161 Å². The molecule has 0 heterocycles. The second-order valence-corrected chi connectivity index (χ2v) is 6.36. The average molecular weight is 365 g/mol. The van der Waals surface area contributed by atoms with Crippen molar-refractivity contribution in [1.29, 1.82) is 0 Å². The predicted octanol–water partition coefficient (Wildman–Crippen LogP) is 4.44. The zero-order valence-electron chi connectivity index (χ0n) is 16.0. The number of nitrogens with one attached hydrogen (secondary N) is 1. The summed E-state index contributed by atoms with van der Waals surface area (Å²) in [5.41, 5.74) is 2.70. The molecule has 0 unspecified atom stereocenters. The third-order valence-corrected chi connectivity index (χ3v) is 4.14. The molecule has 0 spiro atoms. The van der Waals surface area contributed by atoms with Crippen molar-refractivity contribution in [2.24, 2.45) is 0 Å². The molecule has 1 amide bonds. The van der Waals surface area contributed by atoms with Crippen molar-refractivity contribution in [3.63, 3.8) is 0 Å². The van der Waals surface area contributed by atoms with Crippen LogP contribution >= 0.6 is 0 Å². The molecule has 0 atom stereocenters. The minimum absolute atomic E-state index is 0.0414. The molecule has 0 radical (unpaired) electrons. The van der Waals surface area contributed by atoms with Crippen LogP contribution in [0, 0.1) is 0 Å². The molecule has 0 saturated carbocycles. The summed E-state index contributed by atoms with van der Waals surface area (Å²) in [6.45, 7) is 4.90. The zero-order valence-corrected chi connectivity index (χ0v) is 16.0. The zero-order chi connectivity index (χ0) is 19.5. The maximum Gasteiger partial charge on any atom is 0.216 e. The van der Waals surface area contributed by atoms with E-state index in [9.17, 15) is 9.59 Å². The van der Waals surface area contributed by atoms with Gasteiger partial charge in [0.15, 0.2) is 5.78 Å². The highest BCUT2D eigenvalue weighted by Crippen LogP contribution is 2.15. The molecule has 0 aliphatic heterocycles. The third kappa shape index (κ3) is 7.10. The number of benzene rings is 2. The quantitative estimate of drug-likeness (QED) is 0.385. The lowest BCUT2D eigenvalue weighted by Crippen LogP contribution is -2.22. The van der Waals surface area contributed by atoms with Gasteiger partial charge in [0.25, 0.3) is 0 Å². The van der Waals surface area contributed by atoms with Crippen LogP contribution in [0.15, 0.2) is 54.6 Å². The number of ketones is 1. The highest BCUT2D eigenvalue weighted by Gasteiger charge is 2.04. The van der Waals surface area contributed by atoms with E-state index in [1.165, 1.54) is 6.92 Å². The van der Waals surface area contributed by atoms with Crippen LogP contribution in [0.25, 0.3) is 6.08 Å². The monoisotopic (exact) mass is 365 g/mol. The first-order chi connectivity index (χ1) is 13.1. The van der Waals surface area contributed by atoms with Crippen molar-refractivity contribution in [1.82, 2.24) is 5.32 Å². The van der Waals surface area contributed by atoms with E-state index in [1.54, 1.807) is 18.2 Å². The van der Waals surface area contributed by atoms with Crippen LogP contribution in [0.1, 0.15) is 48.2 Å². The van der Waals surface area contributed by atoms with Gasteiger partial charge < -0.3 is 10.1 Å². The fourth-order valence-corrected chi connectivity index (χ4v) is 2.61. The van der Waals surface area contributed by atoms with E-state index in [0.717, 1.165) is 36.1 Å². The summed E-state index contributed by atoms with van der Waals surface area (Å²) in [6, 6.07) is 15.1. The van der Waals surface area contributed by atoms with E-state index >= 15 is 0 Å². The Bertz CT molecular complexity index is 778. The standard InChI is InChI=1S/C23H27NO3/c1-3-4-17-27-22-12-9-21(10-13-22)23(26)14-11-19-7-5-6-8-20(19)15-16-24-18(2)25/h5-14H,3-4,15-17H2,1-2H3,(H,24,25). The summed E-state index contributed by atoms with van der Waals surface area (Å²) in [5, 5.41) is 2.79. The Morgan fingerprint density at radius 2 is 1.81 bits per heavy atom. The van der Waals surface area contributed by atoms with Gasteiger partial charge in [0.05, 0.1) is 6.61 Å². The van der Waals surface area contributed by atoms with Crippen molar-refractivity contribution >= 4 is 17.8 Å².